The molecule has 0 radical (unpaired) electrons. The van der Waals surface area contributed by atoms with Crippen molar-refractivity contribution in [2.75, 3.05) is 27.3 Å². The molecule has 1 aliphatic rings. The highest BCUT2D eigenvalue weighted by atomic mass is 16.5. The van der Waals surface area contributed by atoms with Crippen molar-refractivity contribution in [2.45, 2.75) is 58.5 Å². The summed E-state index contributed by atoms with van der Waals surface area (Å²) in [6.07, 6.45) is 3.31. The Morgan fingerprint density at radius 3 is 2.43 bits per heavy atom. The zero-order chi connectivity index (χ0) is 20.3. The molecule has 1 aliphatic heterocycles. The topological polar surface area (TPSA) is 65.3 Å². The lowest BCUT2D eigenvalue weighted by Gasteiger charge is -2.37. The quantitative estimate of drug-likeness (QED) is 0.722. The van der Waals surface area contributed by atoms with Crippen LogP contribution < -0.4 is 9.47 Å². The van der Waals surface area contributed by atoms with Gasteiger partial charge in [-0.15, -0.1) is 5.10 Å². The van der Waals surface area contributed by atoms with Gasteiger partial charge in [0.1, 0.15) is 0 Å². The minimum atomic E-state index is -0.156. The summed E-state index contributed by atoms with van der Waals surface area (Å²) in [7, 11) is 3.33. The van der Waals surface area contributed by atoms with Crippen molar-refractivity contribution in [1.29, 1.82) is 0 Å². The fourth-order valence-corrected chi connectivity index (χ4v) is 3.78. The molecule has 1 atom stereocenters. The van der Waals surface area contributed by atoms with E-state index in [2.05, 4.69) is 60.3 Å². The van der Waals surface area contributed by atoms with Crippen LogP contribution in [0.15, 0.2) is 18.2 Å². The van der Waals surface area contributed by atoms with E-state index in [1.807, 2.05) is 10.7 Å². The number of methoxy groups -OCH3 is 2. The van der Waals surface area contributed by atoms with E-state index in [-0.39, 0.29) is 11.6 Å². The molecule has 1 fully saturated rings. The summed E-state index contributed by atoms with van der Waals surface area (Å²) < 4.78 is 13.0. The third kappa shape index (κ3) is 3.99. The van der Waals surface area contributed by atoms with Gasteiger partial charge in [-0.25, -0.2) is 4.68 Å². The number of hydrogen-bond donors (Lipinski definition) is 0. The molecule has 0 bridgehead atoms. The first-order valence-electron chi connectivity index (χ1n) is 10.2. The number of likely N-dealkylation sites (tertiary alicyclic amines) is 1. The molecule has 28 heavy (non-hydrogen) atoms. The van der Waals surface area contributed by atoms with E-state index >= 15 is 0 Å². The van der Waals surface area contributed by atoms with Crippen molar-refractivity contribution >= 4 is 0 Å². The highest BCUT2D eigenvalue weighted by Gasteiger charge is 2.34. The second-order valence-corrected chi connectivity index (χ2v) is 8.35. The predicted octanol–water partition coefficient (Wildman–Crippen LogP) is 3.66. The number of ether oxygens (including phenoxy) is 2. The molecular formula is C21H33N5O2. The minimum Gasteiger partial charge on any atom is -0.493 e. The molecule has 7 heteroatoms. The van der Waals surface area contributed by atoms with Gasteiger partial charge < -0.3 is 9.47 Å². The SMILES string of the molecule is CCC(C)(C)n1nnnc1C(c1ccc(OC)c(OC)c1)N1CCC(C)CC1. The molecule has 1 aromatic heterocycles. The van der Waals surface area contributed by atoms with Crippen LogP contribution in [0.1, 0.15) is 64.4 Å². The van der Waals surface area contributed by atoms with Gasteiger partial charge in [-0.3, -0.25) is 4.90 Å². The van der Waals surface area contributed by atoms with Crippen LogP contribution in [0, 0.1) is 5.92 Å². The van der Waals surface area contributed by atoms with E-state index in [1.54, 1.807) is 14.2 Å². The highest BCUT2D eigenvalue weighted by Crippen LogP contribution is 2.37. The number of benzene rings is 1. The van der Waals surface area contributed by atoms with Crippen LogP contribution in [-0.2, 0) is 5.54 Å². The number of aromatic nitrogens is 4. The average Bonchev–Trinajstić information content (AvgIpc) is 3.19. The standard InChI is InChI=1S/C21H33N5O2/c1-7-21(3,4)26-20(22-23-24-26)19(25-12-10-15(2)11-13-25)16-8-9-17(27-5)18(14-16)28-6/h8-9,14-15,19H,7,10-13H2,1-6H3. The maximum atomic E-state index is 5.57. The molecule has 1 aromatic carbocycles. The first-order valence-corrected chi connectivity index (χ1v) is 10.2. The zero-order valence-electron chi connectivity index (χ0n) is 18.0. The van der Waals surface area contributed by atoms with Gasteiger partial charge >= 0.3 is 0 Å². The number of tetrazole rings is 1. The molecule has 154 valence electrons. The molecule has 1 unspecified atom stereocenters. The Balaban J connectivity index is 2.08. The number of hydrogen-bond acceptors (Lipinski definition) is 6. The first kappa shape index (κ1) is 20.6. The summed E-state index contributed by atoms with van der Waals surface area (Å²) in [4.78, 5) is 2.50. The van der Waals surface area contributed by atoms with Gasteiger partial charge in [0, 0.05) is 0 Å². The van der Waals surface area contributed by atoms with E-state index in [0.29, 0.717) is 0 Å². The first-order chi connectivity index (χ1) is 13.4. The maximum absolute atomic E-state index is 5.57. The summed E-state index contributed by atoms with van der Waals surface area (Å²) in [6.45, 7) is 10.9. The molecule has 2 heterocycles. The third-order valence-electron chi connectivity index (χ3n) is 6.08. The van der Waals surface area contributed by atoms with E-state index in [4.69, 9.17) is 9.47 Å². The Labute approximate surface area is 168 Å². The van der Waals surface area contributed by atoms with Crippen molar-refractivity contribution in [3.8, 4) is 11.5 Å². The van der Waals surface area contributed by atoms with Gasteiger partial charge in [-0.1, -0.05) is 19.9 Å². The molecule has 7 nitrogen and oxygen atoms in total. The molecule has 1 saturated heterocycles. The lowest BCUT2D eigenvalue weighted by atomic mass is 9.94. The molecule has 2 aromatic rings. The summed E-state index contributed by atoms with van der Waals surface area (Å²) in [5, 5.41) is 12.9. The summed E-state index contributed by atoms with van der Waals surface area (Å²) in [6, 6.07) is 6.10. The summed E-state index contributed by atoms with van der Waals surface area (Å²) in [5.41, 5.74) is 0.964. The number of nitrogens with zero attached hydrogens (tertiary/aromatic N) is 5. The molecule has 0 spiro atoms. The smallest absolute Gasteiger partial charge is 0.173 e. The Morgan fingerprint density at radius 2 is 1.82 bits per heavy atom. The maximum Gasteiger partial charge on any atom is 0.173 e. The second-order valence-electron chi connectivity index (χ2n) is 8.35. The van der Waals surface area contributed by atoms with Gasteiger partial charge in [-0.2, -0.15) is 0 Å². The Morgan fingerprint density at radius 1 is 1.14 bits per heavy atom. The van der Waals surface area contributed by atoms with Crippen molar-refractivity contribution in [3.63, 3.8) is 0 Å². The second kappa shape index (κ2) is 8.47. The van der Waals surface area contributed by atoms with Gasteiger partial charge in [0.2, 0.25) is 0 Å². The molecule has 0 N–H and O–H groups in total. The Hall–Kier alpha value is -2.15. The van der Waals surface area contributed by atoms with E-state index in [0.717, 1.165) is 48.3 Å². The molecule has 3 rings (SSSR count). The van der Waals surface area contributed by atoms with Gasteiger partial charge in [0.15, 0.2) is 17.3 Å². The van der Waals surface area contributed by atoms with Gasteiger partial charge in [-0.05, 0) is 80.2 Å². The molecule has 0 amide bonds. The van der Waals surface area contributed by atoms with Crippen LogP contribution in [0.3, 0.4) is 0 Å². The van der Waals surface area contributed by atoms with E-state index < -0.39 is 0 Å². The van der Waals surface area contributed by atoms with Crippen molar-refractivity contribution in [1.82, 2.24) is 25.1 Å². The van der Waals surface area contributed by atoms with Crippen molar-refractivity contribution < 1.29 is 9.47 Å². The Kier molecular flexibility index (Phi) is 6.23. The minimum absolute atomic E-state index is 0.0202. The zero-order valence-corrected chi connectivity index (χ0v) is 18.0. The Bertz CT molecular complexity index is 781. The lowest BCUT2D eigenvalue weighted by molar-refractivity contribution is 0.143. The van der Waals surface area contributed by atoms with Crippen LogP contribution in [-0.4, -0.2) is 52.4 Å². The fourth-order valence-electron chi connectivity index (χ4n) is 3.78. The van der Waals surface area contributed by atoms with E-state index in [9.17, 15) is 0 Å². The largest absolute Gasteiger partial charge is 0.493 e. The highest BCUT2D eigenvalue weighted by molar-refractivity contribution is 5.45. The van der Waals surface area contributed by atoms with E-state index in [1.165, 1.54) is 12.8 Å². The summed E-state index contributed by atoms with van der Waals surface area (Å²) >= 11 is 0. The monoisotopic (exact) mass is 387 g/mol. The van der Waals surface area contributed by atoms with Crippen LogP contribution in [0.5, 0.6) is 11.5 Å². The average molecular weight is 388 g/mol. The molecular weight excluding hydrogens is 354 g/mol. The van der Waals surface area contributed by atoms with Crippen LogP contribution >= 0.6 is 0 Å². The van der Waals surface area contributed by atoms with Gasteiger partial charge in [0.05, 0.1) is 25.8 Å². The molecule has 0 saturated carbocycles. The van der Waals surface area contributed by atoms with Gasteiger partial charge in [0.25, 0.3) is 0 Å². The van der Waals surface area contributed by atoms with Crippen LogP contribution in [0.25, 0.3) is 0 Å². The number of piperidine rings is 1. The molecule has 0 aliphatic carbocycles. The third-order valence-corrected chi connectivity index (χ3v) is 6.08. The van der Waals surface area contributed by atoms with Crippen molar-refractivity contribution in [3.05, 3.63) is 29.6 Å². The van der Waals surface area contributed by atoms with Crippen LogP contribution in [0.2, 0.25) is 0 Å². The lowest BCUT2D eigenvalue weighted by Crippen LogP contribution is -2.40. The predicted molar refractivity (Wildman–Crippen MR) is 109 cm³/mol. The van der Waals surface area contributed by atoms with Crippen LogP contribution in [0.4, 0.5) is 0 Å². The normalized spacial score (nSPS) is 17.5. The summed E-state index contributed by atoms with van der Waals surface area (Å²) in [5.74, 6) is 3.09. The van der Waals surface area contributed by atoms with Crippen molar-refractivity contribution in [2.24, 2.45) is 5.92 Å². The number of rotatable bonds is 7. The fraction of sp³-hybridized carbons (Fsp3) is 0.667.